The summed E-state index contributed by atoms with van der Waals surface area (Å²) in [5, 5.41) is 9.53. The lowest BCUT2D eigenvalue weighted by atomic mass is 9.83. The fraction of sp³-hybridized carbons (Fsp3) is 0.867. The van der Waals surface area contributed by atoms with Gasteiger partial charge >= 0.3 is 12.0 Å². The summed E-state index contributed by atoms with van der Waals surface area (Å²) in [7, 11) is 0. The van der Waals surface area contributed by atoms with Crippen LogP contribution in [0.25, 0.3) is 0 Å². The molecule has 3 unspecified atom stereocenters. The second kappa shape index (κ2) is 6.22. The summed E-state index contributed by atoms with van der Waals surface area (Å²) in [5.41, 5.74) is -0.758. The fourth-order valence-electron chi connectivity index (χ4n) is 3.35. The van der Waals surface area contributed by atoms with Crippen molar-refractivity contribution in [2.45, 2.75) is 52.2 Å². The quantitative estimate of drug-likeness (QED) is 0.862. The first-order valence-corrected chi connectivity index (χ1v) is 7.80. The molecule has 0 bridgehead atoms. The summed E-state index contributed by atoms with van der Waals surface area (Å²) in [6.45, 7) is 7.88. The van der Waals surface area contributed by atoms with Crippen LogP contribution in [0.1, 0.15) is 40.0 Å². The predicted octanol–water partition coefficient (Wildman–Crippen LogP) is 1.79. The minimum atomic E-state index is -0.775. The summed E-state index contributed by atoms with van der Waals surface area (Å²) in [6, 6.07) is -0.00317. The van der Waals surface area contributed by atoms with Crippen LogP contribution >= 0.6 is 0 Å². The number of hydrogen-bond acceptors (Lipinski definition) is 3. The number of aliphatic carboxylic acids is 1. The molecule has 21 heavy (non-hydrogen) atoms. The maximum Gasteiger partial charge on any atom is 0.320 e. The van der Waals surface area contributed by atoms with Crippen molar-refractivity contribution in [2.75, 3.05) is 26.2 Å². The van der Waals surface area contributed by atoms with E-state index >= 15 is 0 Å². The zero-order valence-electron chi connectivity index (χ0n) is 13.2. The molecule has 0 aromatic heterocycles. The minimum absolute atomic E-state index is 0.0348. The second-order valence-electron chi connectivity index (χ2n) is 6.43. The highest BCUT2D eigenvalue weighted by atomic mass is 16.5. The normalized spacial score (nSPS) is 33.3. The number of carbonyl (C=O) groups is 2. The van der Waals surface area contributed by atoms with Gasteiger partial charge in [-0.2, -0.15) is 0 Å². The van der Waals surface area contributed by atoms with Crippen LogP contribution in [0.4, 0.5) is 4.79 Å². The highest BCUT2D eigenvalue weighted by molar-refractivity contribution is 5.80. The van der Waals surface area contributed by atoms with Crippen LogP contribution in [0.3, 0.4) is 0 Å². The van der Waals surface area contributed by atoms with Gasteiger partial charge in [0, 0.05) is 19.6 Å². The van der Waals surface area contributed by atoms with Gasteiger partial charge in [-0.25, -0.2) is 4.79 Å². The summed E-state index contributed by atoms with van der Waals surface area (Å²) in [5.74, 6) is -0.775. The van der Waals surface area contributed by atoms with E-state index in [0.29, 0.717) is 39.1 Å². The van der Waals surface area contributed by atoms with Gasteiger partial charge in [0.1, 0.15) is 0 Å². The van der Waals surface area contributed by atoms with Gasteiger partial charge in [0.05, 0.1) is 24.2 Å². The molecule has 2 rings (SSSR count). The van der Waals surface area contributed by atoms with Crippen molar-refractivity contribution in [1.29, 1.82) is 0 Å². The molecule has 0 radical (unpaired) electrons. The Labute approximate surface area is 126 Å². The maximum atomic E-state index is 12.7. The number of carbonyl (C=O) groups excluding carboxylic acids is 1. The molecule has 0 spiro atoms. The molecule has 0 aromatic rings. The number of morpholine rings is 1. The first kappa shape index (κ1) is 16.1. The van der Waals surface area contributed by atoms with Gasteiger partial charge in [0.25, 0.3) is 0 Å². The third kappa shape index (κ3) is 3.15. The van der Waals surface area contributed by atoms with E-state index in [2.05, 4.69) is 0 Å². The average molecular weight is 298 g/mol. The largest absolute Gasteiger partial charge is 0.481 e. The molecule has 120 valence electrons. The van der Waals surface area contributed by atoms with E-state index < -0.39 is 11.4 Å². The Morgan fingerprint density at radius 2 is 2.10 bits per heavy atom. The summed E-state index contributed by atoms with van der Waals surface area (Å²) < 4.78 is 5.54. The van der Waals surface area contributed by atoms with Crippen LogP contribution in [-0.2, 0) is 9.53 Å². The van der Waals surface area contributed by atoms with Gasteiger partial charge in [-0.3, -0.25) is 4.79 Å². The van der Waals surface area contributed by atoms with Gasteiger partial charge in [-0.15, -0.1) is 0 Å². The predicted molar refractivity (Wildman–Crippen MR) is 78.1 cm³/mol. The fourth-order valence-corrected chi connectivity index (χ4v) is 3.35. The molecule has 2 amide bonds. The van der Waals surface area contributed by atoms with Gasteiger partial charge in [-0.05, 0) is 26.7 Å². The number of likely N-dealkylation sites (tertiary alicyclic amines) is 1. The number of nitrogens with zero attached hydrogens (tertiary/aromatic N) is 2. The molecule has 0 aromatic carbocycles. The number of carboxylic acids is 1. The average Bonchev–Trinajstić information content (AvgIpc) is 2.87. The van der Waals surface area contributed by atoms with E-state index in [1.54, 1.807) is 4.90 Å². The molecule has 0 aliphatic carbocycles. The zero-order valence-corrected chi connectivity index (χ0v) is 13.2. The van der Waals surface area contributed by atoms with E-state index in [4.69, 9.17) is 4.74 Å². The van der Waals surface area contributed by atoms with E-state index in [1.807, 2.05) is 25.7 Å². The van der Waals surface area contributed by atoms with Crippen molar-refractivity contribution in [1.82, 2.24) is 9.80 Å². The van der Waals surface area contributed by atoms with Gasteiger partial charge in [0.15, 0.2) is 0 Å². The molecule has 0 saturated carbocycles. The number of amides is 2. The smallest absolute Gasteiger partial charge is 0.320 e. The standard InChI is InChI=1S/C15H26N2O4/c1-4-5-15(13(18)19)6-7-16(10-15)14(20)17-8-12(3)21-9-11(17)2/h11-12H,4-10H2,1-3H3,(H,18,19). The van der Waals surface area contributed by atoms with E-state index in [0.717, 1.165) is 6.42 Å². The van der Waals surface area contributed by atoms with Crippen LogP contribution < -0.4 is 0 Å². The van der Waals surface area contributed by atoms with Crippen LogP contribution in [-0.4, -0.2) is 65.3 Å². The van der Waals surface area contributed by atoms with Crippen molar-refractivity contribution in [3.63, 3.8) is 0 Å². The van der Waals surface area contributed by atoms with Gasteiger partial charge < -0.3 is 19.6 Å². The second-order valence-corrected chi connectivity index (χ2v) is 6.43. The monoisotopic (exact) mass is 298 g/mol. The molecule has 2 aliphatic heterocycles. The molecule has 3 atom stereocenters. The van der Waals surface area contributed by atoms with Crippen molar-refractivity contribution in [3.8, 4) is 0 Å². The van der Waals surface area contributed by atoms with Gasteiger partial charge in [-0.1, -0.05) is 13.3 Å². The number of ether oxygens (including phenoxy) is 1. The molecule has 2 heterocycles. The van der Waals surface area contributed by atoms with Gasteiger partial charge in [0.2, 0.25) is 0 Å². The van der Waals surface area contributed by atoms with E-state index in [9.17, 15) is 14.7 Å². The lowest BCUT2D eigenvalue weighted by Gasteiger charge is -2.39. The molecule has 2 fully saturated rings. The highest BCUT2D eigenvalue weighted by Crippen LogP contribution is 2.36. The van der Waals surface area contributed by atoms with Crippen molar-refractivity contribution in [2.24, 2.45) is 5.41 Å². The van der Waals surface area contributed by atoms with Crippen LogP contribution in [0.2, 0.25) is 0 Å². The zero-order chi connectivity index (χ0) is 15.6. The Morgan fingerprint density at radius 1 is 1.38 bits per heavy atom. The first-order valence-electron chi connectivity index (χ1n) is 7.80. The lowest BCUT2D eigenvalue weighted by molar-refractivity contribution is -0.148. The summed E-state index contributed by atoms with van der Waals surface area (Å²) in [4.78, 5) is 27.8. The Balaban J connectivity index is 2.06. The molecule has 2 aliphatic rings. The Morgan fingerprint density at radius 3 is 2.71 bits per heavy atom. The highest BCUT2D eigenvalue weighted by Gasteiger charge is 2.46. The topological polar surface area (TPSA) is 70.1 Å². The maximum absolute atomic E-state index is 12.7. The molecule has 2 saturated heterocycles. The van der Waals surface area contributed by atoms with E-state index in [1.165, 1.54) is 0 Å². The Kier molecular flexibility index (Phi) is 4.76. The molecular formula is C15H26N2O4. The van der Waals surface area contributed by atoms with E-state index in [-0.39, 0.29) is 18.2 Å². The SMILES string of the molecule is CCCC1(C(=O)O)CCN(C(=O)N2CC(C)OCC2C)C1. The Hall–Kier alpha value is -1.30. The molecule has 1 N–H and O–H groups in total. The molecule has 6 nitrogen and oxygen atoms in total. The third-order valence-electron chi connectivity index (χ3n) is 4.66. The van der Waals surface area contributed by atoms with Crippen molar-refractivity contribution < 1.29 is 19.4 Å². The third-order valence-corrected chi connectivity index (χ3v) is 4.66. The lowest BCUT2D eigenvalue weighted by Crippen LogP contribution is -2.54. The molecule has 6 heteroatoms. The summed E-state index contributed by atoms with van der Waals surface area (Å²) >= 11 is 0. The Bertz CT molecular complexity index is 414. The minimum Gasteiger partial charge on any atom is -0.481 e. The van der Waals surface area contributed by atoms with Crippen LogP contribution in [0.15, 0.2) is 0 Å². The first-order chi connectivity index (χ1) is 9.89. The number of rotatable bonds is 3. The molecular weight excluding hydrogens is 272 g/mol. The number of carboxylic acid groups (broad SMARTS) is 1. The van der Waals surface area contributed by atoms with Crippen LogP contribution in [0, 0.1) is 5.41 Å². The van der Waals surface area contributed by atoms with Crippen LogP contribution in [0.5, 0.6) is 0 Å². The number of urea groups is 1. The summed E-state index contributed by atoms with van der Waals surface area (Å²) in [6.07, 6.45) is 2.03. The van der Waals surface area contributed by atoms with Crippen molar-refractivity contribution >= 4 is 12.0 Å². The van der Waals surface area contributed by atoms with Crippen molar-refractivity contribution in [3.05, 3.63) is 0 Å². The number of hydrogen-bond donors (Lipinski definition) is 1.